The van der Waals surface area contributed by atoms with Crippen LogP contribution in [0.5, 0.6) is 0 Å². The van der Waals surface area contributed by atoms with E-state index in [-0.39, 0.29) is 21.7 Å². The highest BCUT2D eigenvalue weighted by Crippen LogP contribution is 2.28. The van der Waals surface area contributed by atoms with Crippen molar-refractivity contribution in [1.29, 1.82) is 0 Å². The molecule has 0 fully saturated rings. The molecule has 2 rings (SSSR count). The standard InChI is InChI=1S/C12H7ClF3N3OS/c1-21-12-18-10(13)6(4-20)11(19-12)17-9-7(15)2-5(14)3-8(9)16/h2-4H,1H3,(H,17,18,19). The zero-order valence-electron chi connectivity index (χ0n) is 10.5. The van der Waals surface area contributed by atoms with Gasteiger partial charge in [0.15, 0.2) is 23.1 Å². The van der Waals surface area contributed by atoms with Gasteiger partial charge in [-0.1, -0.05) is 23.4 Å². The molecule has 21 heavy (non-hydrogen) atoms. The van der Waals surface area contributed by atoms with Crippen LogP contribution >= 0.6 is 23.4 Å². The second-order valence-electron chi connectivity index (χ2n) is 3.75. The highest BCUT2D eigenvalue weighted by atomic mass is 35.5. The van der Waals surface area contributed by atoms with Crippen LogP contribution in [-0.2, 0) is 0 Å². The number of anilines is 2. The monoisotopic (exact) mass is 333 g/mol. The van der Waals surface area contributed by atoms with Crippen LogP contribution in [-0.4, -0.2) is 22.5 Å². The van der Waals surface area contributed by atoms with E-state index in [9.17, 15) is 18.0 Å². The van der Waals surface area contributed by atoms with Gasteiger partial charge in [0, 0.05) is 12.1 Å². The summed E-state index contributed by atoms with van der Waals surface area (Å²) in [6.45, 7) is 0. The lowest BCUT2D eigenvalue weighted by molar-refractivity contribution is 0.112. The van der Waals surface area contributed by atoms with Gasteiger partial charge in [-0.3, -0.25) is 4.79 Å². The Labute approximate surface area is 126 Å². The third-order valence-corrected chi connectivity index (χ3v) is 3.27. The second kappa shape index (κ2) is 6.31. The number of aldehydes is 1. The van der Waals surface area contributed by atoms with Crippen molar-refractivity contribution in [2.45, 2.75) is 5.16 Å². The topological polar surface area (TPSA) is 54.9 Å². The van der Waals surface area contributed by atoms with Gasteiger partial charge in [0.2, 0.25) is 0 Å². The Morgan fingerprint density at radius 1 is 1.24 bits per heavy atom. The molecule has 0 bridgehead atoms. The molecule has 1 heterocycles. The first-order valence-corrected chi connectivity index (χ1v) is 7.04. The first-order valence-electron chi connectivity index (χ1n) is 5.44. The predicted molar refractivity (Wildman–Crippen MR) is 73.8 cm³/mol. The van der Waals surface area contributed by atoms with Crippen molar-refractivity contribution in [3.63, 3.8) is 0 Å². The maximum atomic E-state index is 13.6. The van der Waals surface area contributed by atoms with Crippen LogP contribution in [0.1, 0.15) is 10.4 Å². The van der Waals surface area contributed by atoms with E-state index >= 15 is 0 Å². The molecule has 0 spiro atoms. The van der Waals surface area contributed by atoms with E-state index < -0.39 is 23.1 Å². The summed E-state index contributed by atoms with van der Waals surface area (Å²) in [5, 5.41) is 2.35. The minimum atomic E-state index is -1.16. The van der Waals surface area contributed by atoms with Crippen LogP contribution in [0.25, 0.3) is 0 Å². The molecular formula is C12H7ClF3N3OS. The van der Waals surface area contributed by atoms with Crippen molar-refractivity contribution in [1.82, 2.24) is 9.97 Å². The molecule has 0 aliphatic carbocycles. The van der Waals surface area contributed by atoms with E-state index in [0.29, 0.717) is 18.4 Å². The number of nitrogens with zero attached hydrogens (tertiary/aromatic N) is 2. The first kappa shape index (κ1) is 15.6. The van der Waals surface area contributed by atoms with E-state index in [1.165, 1.54) is 0 Å². The highest BCUT2D eigenvalue weighted by Gasteiger charge is 2.17. The van der Waals surface area contributed by atoms with Crippen LogP contribution in [0, 0.1) is 17.5 Å². The van der Waals surface area contributed by atoms with Gasteiger partial charge in [-0.05, 0) is 6.26 Å². The van der Waals surface area contributed by atoms with Gasteiger partial charge in [0.25, 0.3) is 0 Å². The van der Waals surface area contributed by atoms with E-state index in [2.05, 4.69) is 15.3 Å². The molecule has 0 atom stereocenters. The van der Waals surface area contributed by atoms with Gasteiger partial charge in [-0.25, -0.2) is 23.1 Å². The summed E-state index contributed by atoms with van der Waals surface area (Å²) in [7, 11) is 0. The number of hydrogen-bond donors (Lipinski definition) is 1. The number of carbonyl (C=O) groups excluding carboxylic acids is 1. The summed E-state index contributed by atoms with van der Waals surface area (Å²) >= 11 is 6.93. The van der Waals surface area contributed by atoms with Crippen molar-refractivity contribution >= 4 is 41.2 Å². The summed E-state index contributed by atoms with van der Waals surface area (Å²) < 4.78 is 40.1. The van der Waals surface area contributed by atoms with Crippen LogP contribution in [0.4, 0.5) is 24.7 Å². The quantitative estimate of drug-likeness (QED) is 0.399. The average Bonchev–Trinajstić information content (AvgIpc) is 2.42. The lowest BCUT2D eigenvalue weighted by atomic mass is 10.2. The van der Waals surface area contributed by atoms with Crippen molar-refractivity contribution in [3.8, 4) is 0 Å². The van der Waals surface area contributed by atoms with Crippen LogP contribution in [0.15, 0.2) is 17.3 Å². The van der Waals surface area contributed by atoms with Gasteiger partial charge >= 0.3 is 0 Å². The Morgan fingerprint density at radius 3 is 2.38 bits per heavy atom. The number of benzene rings is 1. The molecule has 0 aliphatic rings. The second-order valence-corrected chi connectivity index (χ2v) is 4.88. The van der Waals surface area contributed by atoms with Crippen molar-refractivity contribution in [2.24, 2.45) is 0 Å². The third-order valence-electron chi connectivity index (χ3n) is 2.43. The lowest BCUT2D eigenvalue weighted by Gasteiger charge is -2.11. The zero-order valence-corrected chi connectivity index (χ0v) is 12.0. The minimum absolute atomic E-state index is 0.155. The number of carbonyl (C=O) groups is 1. The smallest absolute Gasteiger partial charge is 0.190 e. The number of nitrogens with one attached hydrogen (secondary N) is 1. The van der Waals surface area contributed by atoms with E-state index in [4.69, 9.17) is 11.6 Å². The van der Waals surface area contributed by atoms with E-state index in [1.54, 1.807) is 6.26 Å². The van der Waals surface area contributed by atoms with Crippen LogP contribution < -0.4 is 5.32 Å². The lowest BCUT2D eigenvalue weighted by Crippen LogP contribution is -2.06. The van der Waals surface area contributed by atoms with Crippen LogP contribution in [0.2, 0.25) is 5.15 Å². The fraction of sp³-hybridized carbons (Fsp3) is 0.0833. The summed E-state index contributed by atoms with van der Waals surface area (Å²) in [5.74, 6) is -3.55. The molecule has 9 heteroatoms. The summed E-state index contributed by atoms with van der Waals surface area (Å²) in [5.41, 5.74) is -0.793. The number of thioether (sulfide) groups is 1. The fourth-order valence-electron chi connectivity index (χ4n) is 1.49. The summed E-state index contributed by atoms with van der Waals surface area (Å²) in [4.78, 5) is 18.7. The number of halogens is 4. The first-order chi connectivity index (χ1) is 9.96. The SMILES string of the molecule is CSc1nc(Cl)c(C=O)c(Nc2c(F)cc(F)cc2F)n1. The molecule has 1 N–H and O–H groups in total. The van der Waals surface area contributed by atoms with Gasteiger partial charge in [0.05, 0.1) is 5.56 Å². The Hall–Kier alpha value is -1.80. The molecule has 0 saturated carbocycles. The normalized spacial score (nSPS) is 10.5. The highest BCUT2D eigenvalue weighted by molar-refractivity contribution is 7.98. The number of rotatable bonds is 4. The van der Waals surface area contributed by atoms with E-state index in [0.717, 1.165) is 11.8 Å². The molecule has 0 aliphatic heterocycles. The van der Waals surface area contributed by atoms with Crippen LogP contribution in [0.3, 0.4) is 0 Å². The molecule has 1 aromatic heterocycles. The maximum Gasteiger partial charge on any atom is 0.190 e. The summed E-state index contributed by atoms with van der Waals surface area (Å²) in [6.07, 6.45) is 2.02. The molecule has 0 unspecified atom stereocenters. The molecular weight excluding hydrogens is 327 g/mol. The van der Waals surface area contributed by atoms with E-state index in [1.807, 2.05) is 0 Å². The number of hydrogen-bond acceptors (Lipinski definition) is 5. The average molecular weight is 334 g/mol. The molecule has 4 nitrogen and oxygen atoms in total. The Kier molecular flexibility index (Phi) is 4.69. The molecule has 2 aromatic rings. The molecule has 0 radical (unpaired) electrons. The molecule has 110 valence electrons. The molecule has 1 aromatic carbocycles. The third kappa shape index (κ3) is 3.27. The maximum absolute atomic E-state index is 13.6. The van der Waals surface area contributed by atoms with Crippen molar-refractivity contribution in [3.05, 3.63) is 40.3 Å². The largest absolute Gasteiger partial charge is 0.335 e. The Morgan fingerprint density at radius 2 is 1.86 bits per heavy atom. The Balaban J connectivity index is 2.53. The minimum Gasteiger partial charge on any atom is -0.335 e. The molecule has 0 saturated heterocycles. The summed E-state index contributed by atoms with van der Waals surface area (Å²) in [6, 6.07) is 1.01. The molecule has 0 amide bonds. The van der Waals surface area contributed by atoms with Crippen molar-refractivity contribution in [2.75, 3.05) is 11.6 Å². The zero-order chi connectivity index (χ0) is 15.6. The fourth-order valence-corrected chi connectivity index (χ4v) is 2.12. The van der Waals surface area contributed by atoms with Crippen molar-refractivity contribution < 1.29 is 18.0 Å². The van der Waals surface area contributed by atoms with Gasteiger partial charge < -0.3 is 5.32 Å². The van der Waals surface area contributed by atoms with Gasteiger partial charge in [-0.2, -0.15) is 0 Å². The predicted octanol–water partition coefficient (Wildman–Crippen LogP) is 3.83. The van der Waals surface area contributed by atoms with Gasteiger partial charge in [-0.15, -0.1) is 0 Å². The van der Waals surface area contributed by atoms with Gasteiger partial charge in [0.1, 0.15) is 22.5 Å². The number of aromatic nitrogens is 2. The Bertz CT molecular complexity index is 691.